The molecule has 10 nitrogen and oxygen atoms in total. The second-order valence-electron chi connectivity index (χ2n) is 9.67. The number of amides is 2. The van der Waals surface area contributed by atoms with Crippen LogP contribution >= 0.6 is 0 Å². The van der Waals surface area contributed by atoms with Gasteiger partial charge in [-0.3, -0.25) is 14.3 Å². The molecule has 1 aliphatic rings. The summed E-state index contributed by atoms with van der Waals surface area (Å²) in [5.74, 6) is 0.808. The lowest BCUT2D eigenvalue weighted by molar-refractivity contribution is -0.131. The van der Waals surface area contributed by atoms with Crippen LogP contribution in [-0.2, 0) is 11.3 Å². The number of furan rings is 1. The first-order valence-corrected chi connectivity index (χ1v) is 12.8. The Bertz CT molecular complexity index is 1540. The van der Waals surface area contributed by atoms with Crippen molar-refractivity contribution in [2.24, 2.45) is 0 Å². The van der Waals surface area contributed by atoms with Gasteiger partial charge in [-0.05, 0) is 47.9 Å². The molecule has 0 spiro atoms. The first-order valence-electron chi connectivity index (χ1n) is 12.8. The van der Waals surface area contributed by atoms with Gasteiger partial charge in [0.15, 0.2) is 5.76 Å². The number of aromatic nitrogens is 3. The fourth-order valence-corrected chi connectivity index (χ4v) is 4.82. The van der Waals surface area contributed by atoms with Gasteiger partial charge in [0.2, 0.25) is 5.91 Å². The Labute approximate surface area is 226 Å². The largest absolute Gasteiger partial charge is 0.496 e. The number of anilines is 1. The monoisotopic (exact) mass is 528 g/mol. The summed E-state index contributed by atoms with van der Waals surface area (Å²) in [6.07, 6.45) is 6.65. The molecule has 202 valence electrons. The fraction of sp³-hybridized carbons (Fsp3) is 0.310. The maximum atomic E-state index is 13.0. The molecule has 2 amide bonds. The van der Waals surface area contributed by atoms with Crippen LogP contribution in [-0.4, -0.2) is 78.0 Å². The molecule has 2 aromatic carbocycles. The van der Waals surface area contributed by atoms with Gasteiger partial charge in [0, 0.05) is 75.1 Å². The van der Waals surface area contributed by atoms with Crippen LogP contribution < -0.4 is 10.1 Å². The van der Waals surface area contributed by atoms with Crippen LogP contribution in [0, 0.1) is 0 Å². The maximum absolute atomic E-state index is 13.0. The number of hydrogen-bond donors (Lipinski definition) is 1. The summed E-state index contributed by atoms with van der Waals surface area (Å²) in [4.78, 5) is 29.1. The molecule has 0 atom stereocenters. The molecule has 1 aliphatic heterocycles. The van der Waals surface area contributed by atoms with Gasteiger partial charge in [0.05, 0.1) is 19.9 Å². The van der Waals surface area contributed by atoms with Crippen LogP contribution in [0.1, 0.15) is 29.0 Å². The van der Waals surface area contributed by atoms with Gasteiger partial charge < -0.3 is 24.3 Å². The number of carbonyl (C=O) groups excluding carboxylic acids is 2. The number of aryl methyl sites for hydroxylation is 1. The zero-order valence-corrected chi connectivity index (χ0v) is 22.6. The van der Waals surface area contributed by atoms with Gasteiger partial charge in [0.25, 0.3) is 5.91 Å². The highest BCUT2D eigenvalue weighted by Crippen LogP contribution is 2.40. The van der Waals surface area contributed by atoms with Crippen LogP contribution in [0.5, 0.6) is 5.75 Å². The quantitative estimate of drug-likeness (QED) is 0.366. The van der Waals surface area contributed by atoms with Gasteiger partial charge in [0.1, 0.15) is 11.3 Å². The van der Waals surface area contributed by atoms with Gasteiger partial charge >= 0.3 is 0 Å². The Morgan fingerprint density at radius 3 is 2.72 bits per heavy atom. The summed E-state index contributed by atoms with van der Waals surface area (Å²) >= 11 is 0. The predicted molar refractivity (Wildman–Crippen MR) is 150 cm³/mol. The molecule has 1 N–H and O–H groups in total. The van der Waals surface area contributed by atoms with Gasteiger partial charge in [-0.25, -0.2) is 0 Å². The minimum Gasteiger partial charge on any atom is -0.496 e. The molecular formula is C29H32N6O4. The summed E-state index contributed by atoms with van der Waals surface area (Å²) in [7, 11) is 6.88. The zero-order chi connectivity index (χ0) is 27.5. The van der Waals surface area contributed by atoms with Crippen molar-refractivity contribution in [3.05, 3.63) is 66.2 Å². The smallest absolute Gasteiger partial charge is 0.289 e. The van der Waals surface area contributed by atoms with Crippen molar-refractivity contribution in [2.75, 3.05) is 46.7 Å². The lowest BCUT2D eigenvalue weighted by Crippen LogP contribution is -2.35. The van der Waals surface area contributed by atoms with E-state index in [9.17, 15) is 9.59 Å². The van der Waals surface area contributed by atoms with Crippen LogP contribution in [0.2, 0.25) is 0 Å². The molecule has 5 rings (SSSR count). The van der Waals surface area contributed by atoms with E-state index in [1.165, 1.54) is 4.90 Å². The van der Waals surface area contributed by atoms with E-state index in [0.717, 1.165) is 39.8 Å². The molecule has 0 aliphatic carbocycles. The van der Waals surface area contributed by atoms with Crippen molar-refractivity contribution >= 4 is 34.0 Å². The average Bonchev–Trinajstić information content (AvgIpc) is 3.64. The number of carbonyl (C=O) groups is 2. The highest BCUT2D eigenvalue weighted by atomic mass is 16.5. The first kappa shape index (κ1) is 26.0. The molecule has 0 saturated heterocycles. The van der Waals surface area contributed by atoms with Crippen molar-refractivity contribution in [2.45, 2.75) is 19.4 Å². The average molecular weight is 529 g/mol. The number of ether oxygens (including phenoxy) is 1. The number of fused-ring (bicyclic) bond motifs is 1. The van der Waals surface area contributed by atoms with Crippen molar-refractivity contribution in [1.82, 2.24) is 24.8 Å². The highest BCUT2D eigenvalue weighted by Gasteiger charge is 2.23. The van der Waals surface area contributed by atoms with Crippen molar-refractivity contribution in [3.63, 3.8) is 0 Å². The molecule has 3 heterocycles. The minimum atomic E-state index is -0.211. The molecule has 0 unspecified atom stereocenters. The van der Waals surface area contributed by atoms with Gasteiger partial charge in [-0.15, -0.1) is 5.10 Å². The lowest BCUT2D eigenvalue weighted by atomic mass is 9.94. The van der Waals surface area contributed by atoms with E-state index in [4.69, 9.17) is 9.15 Å². The maximum Gasteiger partial charge on any atom is 0.289 e. The third kappa shape index (κ3) is 5.36. The topological polar surface area (TPSA) is 106 Å². The van der Waals surface area contributed by atoms with Crippen molar-refractivity contribution in [1.29, 1.82) is 0 Å². The van der Waals surface area contributed by atoms with Crippen LogP contribution in [0.3, 0.4) is 0 Å². The molecule has 4 aromatic rings. The molecule has 39 heavy (non-hydrogen) atoms. The number of methoxy groups -OCH3 is 1. The summed E-state index contributed by atoms with van der Waals surface area (Å²) in [6.45, 7) is 1.66. The highest BCUT2D eigenvalue weighted by molar-refractivity contribution is 6.02. The number of nitrogens with zero attached hydrogens (tertiary/aromatic N) is 5. The Kier molecular flexibility index (Phi) is 7.36. The standard InChI is InChI=1S/C29H32N6O4/c1-30-22-7-8-23(25(17-22)38-4)24-15-20(14-21-16-26(39-28(21)24)29(37)33(2)3)19-6-5-11-34(18-19)27(36)9-12-35-13-10-31-32-35/h6-8,10,13-17,30H,5,9,11-12,18H2,1-4H3. The fourth-order valence-electron chi connectivity index (χ4n) is 4.82. The van der Waals surface area contributed by atoms with Crippen molar-refractivity contribution in [3.8, 4) is 16.9 Å². The van der Waals surface area contributed by atoms with E-state index in [2.05, 4.69) is 27.8 Å². The van der Waals surface area contributed by atoms with E-state index in [0.29, 0.717) is 37.4 Å². The van der Waals surface area contributed by atoms with Gasteiger partial charge in [-0.2, -0.15) is 0 Å². The zero-order valence-electron chi connectivity index (χ0n) is 22.6. The van der Waals surface area contributed by atoms with E-state index >= 15 is 0 Å². The molecule has 0 bridgehead atoms. The van der Waals surface area contributed by atoms with Crippen molar-refractivity contribution < 1.29 is 18.7 Å². The third-order valence-corrected chi connectivity index (χ3v) is 6.91. The normalized spacial score (nSPS) is 13.3. The van der Waals surface area contributed by atoms with E-state index in [1.807, 2.05) is 36.2 Å². The molecule has 10 heteroatoms. The van der Waals surface area contributed by atoms with E-state index in [1.54, 1.807) is 44.3 Å². The lowest BCUT2D eigenvalue weighted by Gasteiger charge is -2.28. The second kappa shape index (κ2) is 11.0. The predicted octanol–water partition coefficient (Wildman–Crippen LogP) is 4.15. The first-order chi connectivity index (χ1) is 18.9. The van der Waals surface area contributed by atoms with Crippen LogP contribution in [0.15, 0.2) is 59.3 Å². The minimum absolute atomic E-state index is 0.0731. The summed E-state index contributed by atoms with van der Waals surface area (Å²) in [5.41, 5.74) is 5.20. The van der Waals surface area contributed by atoms with E-state index in [-0.39, 0.29) is 17.6 Å². The molecular weight excluding hydrogens is 496 g/mol. The molecule has 2 aromatic heterocycles. The Morgan fingerprint density at radius 2 is 2.00 bits per heavy atom. The molecule has 0 saturated carbocycles. The Morgan fingerprint density at radius 1 is 1.15 bits per heavy atom. The summed E-state index contributed by atoms with van der Waals surface area (Å²) in [5, 5.41) is 11.7. The number of hydrogen-bond acceptors (Lipinski definition) is 7. The Balaban J connectivity index is 1.53. The molecule has 0 radical (unpaired) electrons. The van der Waals surface area contributed by atoms with E-state index < -0.39 is 0 Å². The second-order valence-corrected chi connectivity index (χ2v) is 9.67. The van der Waals surface area contributed by atoms with Crippen LogP contribution in [0.4, 0.5) is 5.69 Å². The summed E-state index contributed by atoms with van der Waals surface area (Å²) < 4.78 is 13.5. The summed E-state index contributed by atoms with van der Waals surface area (Å²) in [6, 6.07) is 11.7. The SMILES string of the molecule is CNc1ccc(-c2cc(C3=CCCN(C(=O)CCn4ccnn4)C3)cc3cc(C(=O)N(C)C)oc23)c(OC)c1. The Hall–Kier alpha value is -4.60. The number of nitrogens with one attached hydrogen (secondary N) is 1. The molecule has 0 fully saturated rings. The third-order valence-electron chi connectivity index (χ3n) is 6.91. The number of rotatable bonds is 8. The van der Waals surface area contributed by atoms with Crippen LogP contribution in [0.25, 0.3) is 27.7 Å². The van der Waals surface area contributed by atoms with Gasteiger partial charge in [-0.1, -0.05) is 11.3 Å². The number of benzene rings is 2.